The SMILES string of the molecule is CC1(C)c2ccccc2-c2ccc(N(c3ccc(-c4ccc(-n5c6ccccc6c6ccccc65)c5ccccc45)cc3)c3cccc4c3-c3ccccc3C4(C)C)cc21. The molecule has 0 aliphatic heterocycles. The van der Waals surface area contributed by atoms with E-state index in [-0.39, 0.29) is 10.8 Å². The van der Waals surface area contributed by atoms with Gasteiger partial charge in [0, 0.05) is 43.9 Å². The Labute approximate surface area is 351 Å². The summed E-state index contributed by atoms with van der Waals surface area (Å²) in [6, 6.07) is 72.3. The molecule has 0 saturated carbocycles. The fraction of sp³-hybridized carbons (Fsp3) is 0.103. The van der Waals surface area contributed by atoms with Crippen LogP contribution in [-0.2, 0) is 10.8 Å². The molecule has 0 unspecified atom stereocenters. The predicted molar refractivity (Wildman–Crippen MR) is 254 cm³/mol. The summed E-state index contributed by atoms with van der Waals surface area (Å²) in [7, 11) is 0. The number of benzene rings is 9. The minimum atomic E-state index is -0.114. The summed E-state index contributed by atoms with van der Waals surface area (Å²) >= 11 is 0. The van der Waals surface area contributed by atoms with E-state index >= 15 is 0 Å². The van der Waals surface area contributed by atoms with Gasteiger partial charge in [0.15, 0.2) is 0 Å². The molecule has 12 rings (SSSR count). The van der Waals surface area contributed by atoms with E-state index in [1.807, 2.05) is 0 Å². The Kier molecular flexibility index (Phi) is 7.36. The molecule has 2 aliphatic rings. The lowest BCUT2D eigenvalue weighted by Gasteiger charge is -2.30. The summed E-state index contributed by atoms with van der Waals surface area (Å²) in [5, 5.41) is 5.01. The third-order valence-corrected chi connectivity index (χ3v) is 13.8. The van der Waals surface area contributed by atoms with E-state index < -0.39 is 0 Å². The first-order chi connectivity index (χ1) is 29.3. The predicted octanol–water partition coefficient (Wildman–Crippen LogP) is 15.7. The fourth-order valence-corrected chi connectivity index (χ4v) is 10.9. The van der Waals surface area contributed by atoms with Gasteiger partial charge in [0.05, 0.1) is 22.4 Å². The van der Waals surface area contributed by atoms with Gasteiger partial charge in [-0.3, -0.25) is 0 Å². The Morgan fingerprint density at radius 2 is 0.883 bits per heavy atom. The van der Waals surface area contributed by atoms with E-state index in [1.54, 1.807) is 0 Å². The van der Waals surface area contributed by atoms with E-state index in [2.05, 4.69) is 231 Å². The summed E-state index contributed by atoms with van der Waals surface area (Å²) in [6.07, 6.45) is 0. The molecule has 2 heteroatoms. The van der Waals surface area contributed by atoms with Gasteiger partial charge in [0.2, 0.25) is 0 Å². The van der Waals surface area contributed by atoms with Crippen LogP contribution in [0.25, 0.3) is 71.6 Å². The van der Waals surface area contributed by atoms with Crippen molar-refractivity contribution in [3.8, 4) is 39.1 Å². The van der Waals surface area contributed by atoms with Gasteiger partial charge in [-0.1, -0.05) is 173 Å². The number of rotatable bonds is 5. The molecule has 60 heavy (non-hydrogen) atoms. The quantitative estimate of drug-likeness (QED) is 0.169. The molecule has 286 valence electrons. The zero-order valence-corrected chi connectivity index (χ0v) is 34.4. The van der Waals surface area contributed by atoms with Gasteiger partial charge in [-0.05, 0) is 104 Å². The molecule has 0 saturated heterocycles. The van der Waals surface area contributed by atoms with Gasteiger partial charge in [-0.2, -0.15) is 0 Å². The first kappa shape index (κ1) is 34.8. The number of hydrogen-bond acceptors (Lipinski definition) is 1. The molecule has 9 aromatic carbocycles. The minimum Gasteiger partial charge on any atom is -0.310 e. The monoisotopic (exact) mass is 768 g/mol. The van der Waals surface area contributed by atoms with Crippen molar-refractivity contribution in [3.05, 3.63) is 216 Å². The maximum absolute atomic E-state index is 2.50. The molecule has 0 atom stereocenters. The maximum atomic E-state index is 2.50. The van der Waals surface area contributed by atoms with Crippen molar-refractivity contribution >= 4 is 49.6 Å². The minimum absolute atomic E-state index is 0.106. The Balaban J connectivity index is 1.03. The standard InChI is InChI=1S/C58H44N2/c1-57(2)49-23-12-8-21-47(49)56-50(57)24-15-27-55(56)59(39-32-33-43-42-17-7-11-22-48(42)58(3,4)51(43)36-39)38-30-28-37(29-31-38)40-34-35-54(44-18-6-5-16-41(40)44)60-52-25-13-9-19-45(52)46-20-10-14-26-53(46)60/h5-36H,1-4H3. The third kappa shape index (κ3) is 4.82. The van der Waals surface area contributed by atoms with Crippen LogP contribution in [0.3, 0.4) is 0 Å². The van der Waals surface area contributed by atoms with Gasteiger partial charge >= 0.3 is 0 Å². The molecule has 0 bridgehead atoms. The number of para-hydroxylation sites is 2. The summed E-state index contributed by atoms with van der Waals surface area (Å²) in [4.78, 5) is 2.50. The molecule has 0 N–H and O–H groups in total. The first-order valence-corrected chi connectivity index (χ1v) is 21.2. The van der Waals surface area contributed by atoms with Crippen LogP contribution in [0.4, 0.5) is 17.1 Å². The fourth-order valence-electron chi connectivity index (χ4n) is 10.9. The number of aromatic nitrogens is 1. The zero-order valence-electron chi connectivity index (χ0n) is 34.4. The van der Waals surface area contributed by atoms with Crippen LogP contribution in [0.15, 0.2) is 194 Å². The molecule has 1 aromatic heterocycles. The van der Waals surface area contributed by atoms with Crippen molar-refractivity contribution in [1.82, 2.24) is 4.57 Å². The summed E-state index contributed by atoms with van der Waals surface area (Å²) in [5.74, 6) is 0. The Morgan fingerprint density at radius 1 is 0.367 bits per heavy atom. The second-order valence-electron chi connectivity index (χ2n) is 17.7. The van der Waals surface area contributed by atoms with Crippen molar-refractivity contribution in [2.24, 2.45) is 0 Å². The van der Waals surface area contributed by atoms with Crippen molar-refractivity contribution in [2.75, 3.05) is 4.90 Å². The van der Waals surface area contributed by atoms with Crippen LogP contribution >= 0.6 is 0 Å². The molecule has 2 aliphatic carbocycles. The highest BCUT2D eigenvalue weighted by Crippen LogP contribution is 2.56. The van der Waals surface area contributed by atoms with Crippen molar-refractivity contribution in [3.63, 3.8) is 0 Å². The van der Waals surface area contributed by atoms with Crippen LogP contribution in [0.5, 0.6) is 0 Å². The lowest BCUT2D eigenvalue weighted by atomic mass is 9.82. The van der Waals surface area contributed by atoms with Gasteiger partial charge in [0.1, 0.15) is 0 Å². The molecule has 0 spiro atoms. The summed E-state index contributed by atoms with van der Waals surface area (Å²) in [5.41, 5.74) is 20.1. The molecule has 0 amide bonds. The maximum Gasteiger partial charge on any atom is 0.0543 e. The average Bonchev–Trinajstić information content (AvgIpc) is 3.84. The van der Waals surface area contributed by atoms with Gasteiger partial charge < -0.3 is 9.47 Å². The van der Waals surface area contributed by atoms with Gasteiger partial charge in [0.25, 0.3) is 0 Å². The second-order valence-corrected chi connectivity index (χ2v) is 17.7. The largest absolute Gasteiger partial charge is 0.310 e. The molecule has 1 heterocycles. The van der Waals surface area contributed by atoms with Crippen LogP contribution < -0.4 is 4.90 Å². The van der Waals surface area contributed by atoms with E-state index in [0.717, 1.165) is 5.69 Å². The number of fused-ring (bicyclic) bond motifs is 10. The molecule has 2 nitrogen and oxygen atoms in total. The Morgan fingerprint density at radius 3 is 1.60 bits per heavy atom. The second kappa shape index (κ2) is 12.7. The highest BCUT2D eigenvalue weighted by Gasteiger charge is 2.39. The number of hydrogen-bond donors (Lipinski definition) is 0. The van der Waals surface area contributed by atoms with Gasteiger partial charge in [-0.15, -0.1) is 0 Å². The van der Waals surface area contributed by atoms with Crippen molar-refractivity contribution in [1.29, 1.82) is 0 Å². The summed E-state index contributed by atoms with van der Waals surface area (Å²) < 4.78 is 2.44. The third-order valence-electron chi connectivity index (χ3n) is 13.8. The topological polar surface area (TPSA) is 8.17 Å². The zero-order chi connectivity index (χ0) is 40.3. The van der Waals surface area contributed by atoms with Crippen LogP contribution in [0.1, 0.15) is 49.9 Å². The molecule has 0 radical (unpaired) electrons. The molecule has 10 aromatic rings. The van der Waals surface area contributed by atoms with E-state index in [0.29, 0.717) is 0 Å². The van der Waals surface area contributed by atoms with Crippen molar-refractivity contribution in [2.45, 2.75) is 38.5 Å². The van der Waals surface area contributed by atoms with Crippen LogP contribution in [0.2, 0.25) is 0 Å². The number of anilines is 3. The smallest absolute Gasteiger partial charge is 0.0543 e. The first-order valence-electron chi connectivity index (χ1n) is 21.2. The van der Waals surface area contributed by atoms with E-state index in [4.69, 9.17) is 0 Å². The molecular weight excluding hydrogens is 725 g/mol. The Bertz CT molecular complexity index is 3320. The Hall–Kier alpha value is -7.16. The molecule has 0 fully saturated rings. The lowest BCUT2D eigenvalue weighted by Crippen LogP contribution is -2.17. The normalized spacial score (nSPS) is 14.3. The number of nitrogens with zero attached hydrogens (tertiary/aromatic N) is 2. The lowest BCUT2D eigenvalue weighted by molar-refractivity contribution is 0.660. The molecular formula is C58H44N2. The van der Waals surface area contributed by atoms with Crippen LogP contribution in [-0.4, -0.2) is 4.57 Å². The van der Waals surface area contributed by atoms with Gasteiger partial charge in [-0.25, -0.2) is 0 Å². The van der Waals surface area contributed by atoms with E-state index in [1.165, 1.54) is 105 Å². The highest BCUT2D eigenvalue weighted by atomic mass is 15.1. The van der Waals surface area contributed by atoms with Crippen molar-refractivity contribution < 1.29 is 0 Å². The average molecular weight is 769 g/mol. The van der Waals surface area contributed by atoms with E-state index in [9.17, 15) is 0 Å². The summed E-state index contributed by atoms with van der Waals surface area (Å²) in [6.45, 7) is 9.48. The van der Waals surface area contributed by atoms with Crippen LogP contribution in [0, 0.1) is 0 Å². The highest BCUT2D eigenvalue weighted by molar-refractivity contribution is 6.11.